The Morgan fingerprint density at radius 2 is 2.45 bits per heavy atom. The number of carbonyl (C=O) groups excluding carboxylic acids is 1. The van der Waals surface area contributed by atoms with Crippen molar-refractivity contribution >= 4 is 5.91 Å². The Balaban J connectivity index is 2.54. The number of carbonyl (C=O) groups is 1. The van der Waals surface area contributed by atoms with Crippen LogP contribution in [-0.2, 0) is 4.79 Å². The zero-order chi connectivity index (χ0) is 8.43. The van der Waals surface area contributed by atoms with E-state index < -0.39 is 0 Å². The lowest BCUT2D eigenvalue weighted by Crippen LogP contribution is -2.35. The van der Waals surface area contributed by atoms with E-state index in [2.05, 4.69) is 0 Å². The first-order valence-electron chi connectivity index (χ1n) is 4.17. The molecule has 1 rings (SSSR count). The third kappa shape index (κ3) is 1.53. The molecular weight excluding hydrogens is 140 g/mol. The maximum absolute atomic E-state index is 11.4. The molecule has 1 amide bonds. The molecule has 0 aromatic carbocycles. The summed E-state index contributed by atoms with van der Waals surface area (Å²) in [6, 6.07) is 0.0625. The van der Waals surface area contributed by atoms with Gasteiger partial charge in [-0.15, -0.1) is 0 Å². The topological polar surface area (TPSA) is 46.3 Å². The van der Waals surface area contributed by atoms with Gasteiger partial charge >= 0.3 is 0 Å². The molecule has 0 spiro atoms. The predicted molar refractivity (Wildman–Crippen MR) is 44.0 cm³/mol. The molecule has 1 saturated heterocycles. The highest BCUT2D eigenvalue weighted by molar-refractivity contribution is 5.81. The maximum Gasteiger partial charge on any atom is 0.227 e. The third-order valence-electron chi connectivity index (χ3n) is 2.46. The van der Waals surface area contributed by atoms with Gasteiger partial charge < -0.3 is 10.6 Å². The van der Waals surface area contributed by atoms with Crippen molar-refractivity contribution in [2.24, 2.45) is 11.7 Å². The molecular formula is C8H16N2O. The summed E-state index contributed by atoms with van der Waals surface area (Å²) in [6.07, 6.45) is 1.83. The summed E-state index contributed by atoms with van der Waals surface area (Å²) in [7, 11) is 1.84. The van der Waals surface area contributed by atoms with Crippen LogP contribution >= 0.6 is 0 Å². The highest BCUT2D eigenvalue weighted by Crippen LogP contribution is 2.20. The van der Waals surface area contributed by atoms with Crippen LogP contribution in [0, 0.1) is 5.92 Å². The fraction of sp³-hybridized carbons (Fsp3) is 0.875. The van der Waals surface area contributed by atoms with Gasteiger partial charge in [-0.2, -0.15) is 0 Å². The number of nitrogens with zero attached hydrogens (tertiary/aromatic N) is 1. The molecule has 1 heterocycles. The molecule has 0 aromatic heterocycles. The van der Waals surface area contributed by atoms with Gasteiger partial charge in [0.1, 0.15) is 0 Å². The second kappa shape index (κ2) is 3.22. The summed E-state index contributed by atoms with van der Waals surface area (Å²) in [5.41, 5.74) is 5.78. The van der Waals surface area contributed by atoms with E-state index in [-0.39, 0.29) is 17.9 Å². The van der Waals surface area contributed by atoms with Crippen LogP contribution in [0.25, 0.3) is 0 Å². The molecule has 0 saturated carbocycles. The van der Waals surface area contributed by atoms with Gasteiger partial charge in [0.05, 0.1) is 5.92 Å². The van der Waals surface area contributed by atoms with E-state index in [9.17, 15) is 4.79 Å². The van der Waals surface area contributed by atoms with Gasteiger partial charge in [0.2, 0.25) is 5.91 Å². The van der Waals surface area contributed by atoms with E-state index in [1.807, 2.05) is 14.0 Å². The minimum Gasteiger partial charge on any atom is -0.345 e. The van der Waals surface area contributed by atoms with Crippen LogP contribution in [0.4, 0.5) is 0 Å². The van der Waals surface area contributed by atoms with Crippen molar-refractivity contribution in [3.63, 3.8) is 0 Å². The van der Waals surface area contributed by atoms with Gasteiger partial charge in [-0.25, -0.2) is 0 Å². The van der Waals surface area contributed by atoms with Gasteiger partial charge in [0, 0.05) is 19.6 Å². The van der Waals surface area contributed by atoms with Crippen LogP contribution in [-0.4, -0.2) is 30.4 Å². The zero-order valence-electron chi connectivity index (χ0n) is 7.21. The van der Waals surface area contributed by atoms with E-state index >= 15 is 0 Å². The Hall–Kier alpha value is -0.570. The molecule has 0 aromatic rings. The Kier molecular flexibility index (Phi) is 2.49. The van der Waals surface area contributed by atoms with Crippen LogP contribution in [0.3, 0.4) is 0 Å². The average molecular weight is 156 g/mol. The summed E-state index contributed by atoms with van der Waals surface area (Å²) in [5.74, 6) is 0.310. The van der Waals surface area contributed by atoms with Gasteiger partial charge in [0.15, 0.2) is 0 Å². The van der Waals surface area contributed by atoms with Crippen LogP contribution in [0.1, 0.15) is 19.8 Å². The van der Waals surface area contributed by atoms with E-state index in [1.54, 1.807) is 4.90 Å². The highest BCUT2D eigenvalue weighted by Gasteiger charge is 2.32. The van der Waals surface area contributed by atoms with Gasteiger partial charge in [0.25, 0.3) is 0 Å². The molecule has 3 heteroatoms. The molecule has 0 radical (unpaired) electrons. The lowest BCUT2D eigenvalue weighted by atomic mass is 9.97. The number of nitrogens with two attached hydrogens (primary N) is 1. The molecule has 2 atom stereocenters. The Labute approximate surface area is 67.5 Å². The number of hydrogen-bond acceptors (Lipinski definition) is 2. The molecule has 2 unspecified atom stereocenters. The second-order valence-corrected chi connectivity index (χ2v) is 3.23. The third-order valence-corrected chi connectivity index (χ3v) is 2.46. The van der Waals surface area contributed by atoms with Crippen LogP contribution in [0.5, 0.6) is 0 Å². The molecule has 0 bridgehead atoms. The van der Waals surface area contributed by atoms with Gasteiger partial charge in [-0.05, 0) is 12.8 Å². The van der Waals surface area contributed by atoms with Crippen LogP contribution < -0.4 is 5.73 Å². The van der Waals surface area contributed by atoms with Crippen molar-refractivity contribution in [1.82, 2.24) is 4.90 Å². The normalized spacial score (nSPS) is 27.7. The molecule has 11 heavy (non-hydrogen) atoms. The fourth-order valence-corrected chi connectivity index (χ4v) is 1.53. The average Bonchev–Trinajstić information content (AvgIpc) is 2.32. The van der Waals surface area contributed by atoms with Gasteiger partial charge in [-0.1, -0.05) is 6.92 Å². The number of amides is 1. The summed E-state index contributed by atoms with van der Waals surface area (Å²) in [5, 5.41) is 0. The van der Waals surface area contributed by atoms with Gasteiger partial charge in [-0.3, -0.25) is 4.79 Å². The predicted octanol–water partition coefficient (Wildman–Crippen LogP) is 0.202. The van der Waals surface area contributed by atoms with Crippen molar-refractivity contribution in [2.75, 3.05) is 13.6 Å². The molecule has 1 aliphatic heterocycles. The van der Waals surface area contributed by atoms with Crippen molar-refractivity contribution in [3.05, 3.63) is 0 Å². The summed E-state index contributed by atoms with van der Waals surface area (Å²) >= 11 is 0. The standard InChI is InChI=1S/C8H16N2O/c1-3-7(9)6-4-5-10(2)8(6)11/h6-7H,3-5,9H2,1-2H3. The first-order chi connectivity index (χ1) is 5.16. The maximum atomic E-state index is 11.4. The van der Waals surface area contributed by atoms with E-state index in [1.165, 1.54) is 0 Å². The van der Waals surface area contributed by atoms with Crippen molar-refractivity contribution in [2.45, 2.75) is 25.8 Å². The summed E-state index contributed by atoms with van der Waals surface area (Å²) in [4.78, 5) is 13.1. The molecule has 3 nitrogen and oxygen atoms in total. The van der Waals surface area contributed by atoms with Crippen molar-refractivity contribution < 1.29 is 4.79 Å². The Morgan fingerprint density at radius 3 is 2.82 bits per heavy atom. The summed E-state index contributed by atoms with van der Waals surface area (Å²) < 4.78 is 0. The Bertz CT molecular complexity index is 158. The number of rotatable bonds is 2. The lowest BCUT2D eigenvalue weighted by molar-refractivity contribution is -0.130. The monoisotopic (exact) mass is 156 g/mol. The molecule has 0 aliphatic carbocycles. The second-order valence-electron chi connectivity index (χ2n) is 3.23. The van der Waals surface area contributed by atoms with Crippen molar-refractivity contribution in [3.8, 4) is 0 Å². The first-order valence-corrected chi connectivity index (χ1v) is 4.17. The van der Waals surface area contributed by atoms with Crippen LogP contribution in [0.15, 0.2) is 0 Å². The minimum atomic E-state index is 0.0625. The lowest BCUT2D eigenvalue weighted by Gasteiger charge is -2.15. The molecule has 1 aliphatic rings. The summed E-state index contributed by atoms with van der Waals surface area (Å²) in [6.45, 7) is 2.90. The highest BCUT2D eigenvalue weighted by atomic mass is 16.2. The molecule has 1 fully saturated rings. The quantitative estimate of drug-likeness (QED) is 0.621. The van der Waals surface area contributed by atoms with Crippen molar-refractivity contribution in [1.29, 1.82) is 0 Å². The van der Waals surface area contributed by atoms with E-state index in [4.69, 9.17) is 5.73 Å². The molecule has 64 valence electrons. The van der Waals surface area contributed by atoms with E-state index in [0.29, 0.717) is 0 Å². The van der Waals surface area contributed by atoms with E-state index in [0.717, 1.165) is 19.4 Å². The molecule has 2 N–H and O–H groups in total. The Morgan fingerprint density at radius 1 is 1.82 bits per heavy atom. The zero-order valence-corrected chi connectivity index (χ0v) is 7.21. The first kappa shape index (κ1) is 8.53. The smallest absolute Gasteiger partial charge is 0.227 e. The number of hydrogen-bond donors (Lipinski definition) is 1. The van der Waals surface area contributed by atoms with Crippen LogP contribution in [0.2, 0.25) is 0 Å². The largest absolute Gasteiger partial charge is 0.345 e. The fourth-order valence-electron chi connectivity index (χ4n) is 1.53. The minimum absolute atomic E-state index is 0.0625. The number of likely N-dealkylation sites (tertiary alicyclic amines) is 1. The SMILES string of the molecule is CCC(N)C1CCN(C)C1=O.